The Morgan fingerprint density at radius 2 is 2.08 bits per heavy atom. The normalized spacial score (nSPS) is 10.0. The smallest absolute Gasteiger partial charge is 0.181 e. The molecule has 4 heteroatoms. The molecule has 0 saturated heterocycles. The van der Waals surface area contributed by atoms with Crippen LogP contribution in [0.25, 0.3) is 0 Å². The quantitative estimate of drug-likeness (QED) is 0.566. The maximum Gasteiger partial charge on any atom is 0.181 e. The zero-order valence-corrected chi connectivity index (χ0v) is 7.80. The van der Waals surface area contributed by atoms with Gasteiger partial charge in [-0.2, -0.15) is 0 Å². The lowest BCUT2D eigenvalue weighted by Crippen LogP contribution is -2.01. The highest BCUT2D eigenvalue weighted by Crippen LogP contribution is 2.29. The van der Waals surface area contributed by atoms with E-state index in [1.54, 1.807) is 0 Å². The number of benzene rings is 1. The number of Topliss-reactive ketones (excluding diaryl/α,β-unsaturated/α-hetero) is 1. The van der Waals surface area contributed by atoms with Crippen LogP contribution in [0.4, 0.5) is 0 Å². The van der Waals surface area contributed by atoms with Gasteiger partial charge in [-0.3, -0.25) is 4.79 Å². The summed E-state index contributed by atoms with van der Waals surface area (Å²) in [6.07, 6.45) is 0. The Bertz CT molecular complexity index is 347. The number of halogens is 1. The average molecular weight is 201 g/mol. The minimum absolute atomic E-state index is 0.0383. The van der Waals surface area contributed by atoms with Crippen molar-refractivity contribution >= 4 is 17.4 Å². The summed E-state index contributed by atoms with van der Waals surface area (Å²) in [4.78, 5) is 11.1. The van der Waals surface area contributed by atoms with Gasteiger partial charge in [0.15, 0.2) is 5.78 Å². The molecule has 0 unspecified atom stereocenters. The summed E-state index contributed by atoms with van der Waals surface area (Å²) in [5, 5.41) is 18.6. The van der Waals surface area contributed by atoms with Gasteiger partial charge in [-0.25, -0.2) is 0 Å². The van der Waals surface area contributed by atoms with E-state index in [0.717, 1.165) is 0 Å². The monoisotopic (exact) mass is 200 g/mol. The fraction of sp³-hybridized carbons (Fsp3) is 0.222. The number of rotatable bonds is 2. The molecule has 0 atom stereocenters. The molecule has 0 spiro atoms. The second-order valence-corrected chi connectivity index (χ2v) is 2.93. The van der Waals surface area contributed by atoms with E-state index in [0.29, 0.717) is 0 Å². The zero-order chi connectivity index (χ0) is 10.0. The van der Waals surface area contributed by atoms with Gasteiger partial charge in [0, 0.05) is 5.56 Å². The summed E-state index contributed by atoms with van der Waals surface area (Å²) in [5.41, 5.74) is 0.432. The van der Waals surface area contributed by atoms with Gasteiger partial charge in [-0.15, -0.1) is 11.6 Å². The van der Waals surface area contributed by atoms with E-state index in [-0.39, 0.29) is 34.3 Å². The number of phenolic OH excluding ortho intramolecular Hbond substituents is 2. The molecule has 1 rings (SSSR count). The van der Waals surface area contributed by atoms with Crippen LogP contribution >= 0.6 is 11.6 Å². The number of carbonyl (C=O) groups excluding carboxylic acids is 1. The van der Waals surface area contributed by atoms with Gasteiger partial charge in [0.2, 0.25) is 0 Å². The molecule has 0 fully saturated rings. The zero-order valence-electron chi connectivity index (χ0n) is 7.04. The van der Waals surface area contributed by atoms with Gasteiger partial charge >= 0.3 is 0 Å². The van der Waals surface area contributed by atoms with Crippen LogP contribution in [-0.4, -0.2) is 21.9 Å². The summed E-state index contributed by atoms with van der Waals surface area (Å²) >= 11 is 5.33. The van der Waals surface area contributed by atoms with E-state index in [9.17, 15) is 15.0 Å². The Hall–Kier alpha value is -1.22. The predicted octanol–water partition coefficient (Wildman–Crippen LogP) is 1.83. The van der Waals surface area contributed by atoms with Crippen molar-refractivity contribution in [1.29, 1.82) is 0 Å². The molecular weight excluding hydrogens is 192 g/mol. The van der Waals surface area contributed by atoms with E-state index in [1.165, 1.54) is 19.1 Å². The van der Waals surface area contributed by atoms with Crippen LogP contribution < -0.4 is 0 Å². The van der Waals surface area contributed by atoms with Gasteiger partial charge in [0.25, 0.3) is 0 Å². The number of alkyl halides is 1. The molecule has 0 bridgehead atoms. The molecule has 0 saturated carbocycles. The first-order valence-corrected chi connectivity index (χ1v) is 4.22. The lowest BCUT2D eigenvalue weighted by atomic mass is 10.1. The molecule has 0 amide bonds. The minimum Gasteiger partial charge on any atom is -0.508 e. The van der Waals surface area contributed by atoms with E-state index in [2.05, 4.69) is 0 Å². The summed E-state index contributed by atoms with van der Waals surface area (Å²) in [6, 6.07) is 2.71. The van der Waals surface area contributed by atoms with Crippen LogP contribution in [0.15, 0.2) is 12.1 Å². The fourth-order valence-corrected chi connectivity index (χ4v) is 1.13. The standard InChI is InChI=1S/C9H9ClO3/c1-5-7(11)3-2-6(9(5)13)8(12)4-10/h2-3,11,13H,4H2,1H3. The largest absolute Gasteiger partial charge is 0.508 e. The van der Waals surface area contributed by atoms with Gasteiger partial charge in [-0.05, 0) is 19.1 Å². The maximum atomic E-state index is 11.1. The number of ketones is 1. The van der Waals surface area contributed by atoms with Crippen molar-refractivity contribution in [1.82, 2.24) is 0 Å². The molecule has 2 N–H and O–H groups in total. The van der Waals surface area contributed by atoms with E-state index < -0.39 is 0 Å². The van der Waals surface area contributed by atoms with Crippen molar-refractivity contribution in [3.05, 3.63) is 23.3 Å². The molecule has 0 aliphatic rings. The van der Waals surface area contributed by atoms with E-state index >= 15 is 0 Å². The fourth-order valence-electron chi connectivity index (χ4n) is 0.987. The molecule has 0 heterocycles. The molecule has 13 heavy (non-hydrogen) atoms. The van der Waals surface area contributed by atoms with Crippen LogP contribution in [0, 0.1) is 6.92 Å². The van der Waals surface area contributed by atoms with Crippen molar-refractivity contribution in [3.8, 4) is 11.5 Å². The van der Waals surface area contributed by atoms with Crippen LogP contribution in [-0.2, 0) is 0 Å². The van der Waals surface area contributed by atoms with Crippen LogP contribution in [0.5, 0.6) is 11.5 Å². The van der Waals surface area contributed by atoms with Crippen molar-refractivity contribution in [2.24, 2.45) is 0 Å². The Morgan fingerprint density at radius 3 is 2.62 bits per heavy atom. The minimum atomic E-state index is -0.359. The molecule has 0 aromatic heterocycles. The maximum absolute atomic E-state index is 11.1. The summed E-state index contributed by atoms with van der Waals surface area (Å²) in [6.45, 7) is 1.52. The number of hydrogen-bond donors (Lipinski definition) is 2. The van der Waals surface area contributed by atoms with Crippen molar-refractivity contribution in [2.75, 3.05) is 5.88 Å². The third-order valence-corrected chi connectivity index (χ3v) is 2.07. The van der Waals surface area contributed by atoms with Crippen LogP contribution in [0.3, 0.4) is 0 Å². The molecule has 70 valence electrons. The van der Waals surface area contributed by atoms with Gasteiger partial charge in [0.1, 0.15) is 11.5 Å². The first kappa shape index (κ1) is 9.86. The number of carbonyl (C=O) groups is 1. The second kappa shape index (κ2) is 3.66. The lowest BCUT2D eigenvalue weighted by molar-refractivity contribution is 0.101. The summed E-state index contributed by atoms with van der Waals surface area (Å²) in [7, 11) is 0. The molecule has 0 radical (unpaired) electrons. The van der Waals surface area contributed by atoms with Crippen LogP contribution in [0.1, 0.15) is 15.9 Å². The highest BCUT2D eigenvalue weighted by molar-refractivity contribution is 6.30. The number of phenols is 2. The summed E-state index contributed by atoms with van der Waals surface area (Å²) in [5.74, 6) is -0.783. The van der Waals surface area contributed by atoms with E-state index in [1.807, 2.05) is 0 Å². The second-order valence-electron chi connectivity index (χ2n) is 2.66. The first-order valence-electron chi connectivity index (χ1n) is 3.68. The Labute approximate surface area is 80.6 Å². The first-order chi connectivity index (χ1) is 6.07. The molecule has 3 nitrogen and oxygen atoms in total. The van der Waals surface area contributed by atoms with E-state index in [4.69, 9.17) is 11.6 Å². The Kier molecular flexibility index (Phi) is 2.78. The van der Waals surface area contributed by atoms with Crippen LogP contribution in [0.2, 0.25) is 0 Å². The van der Waals surface area contributed by atoms with Crippen molar-refractivity contribution < 1.29 is 15.0 Å². The summed E-state index contributed by atoms with van der Waals surface area (Å²) < 4.78 is 0. The van der Waals surface area contributed by atoms with Gasteiger partial charge < -0.3 is 10.2 Å². The number of aromatic hydroxyl groups is 2. The topological polar surface area (TPSA) is 57.5 Å². The van der Waals surface area contributed by atoms with Crippen molar-refractivity contribution in [2.45, 2.75) is 6.92 Å². The SMILES string of the molecule is Cc1c(O)ccc(C(=O)CCl)c1O. The molecular formula is C9H9ClO3. The van der Waals surface area contributed by atoms with Gasteiger partial charge in [0.05, 0.1) is 11.4 Å². The number of hydrogen-bond acceptors (Lipinski definition) is 3. The molecule has 1 aromatic carbocycles. The average Bonchev–Trinajstić information content (AvgIpc) is 2.13. The molecule has 0 aliphatic heterocycles. The highest BCUT2D eigenvalue weighted by atomic mass is 35.5. The third-order valence-electron chi connectivity index (χ3n) is 1.82. The van der Waals surface area contributed by atoms with Gasteiger partial charge in [-0.1, -0.05) is 0 Å². The molecule has 1 aromatic rings. The third kappa shape index (κ3) is 1.75. The van der Waals surface area contributed by atoms with Crippen molar-refractivity contribution in [3.63, 3.8) is 0 Å². The Balaban J connectivity index is 3.26. The molecule has 0 aliphatic carbocycles. The predicted molar refractivity (Wildman–Crippen MR) is 49.6 cm³/mol. The highest BCUT2D eigenvalue weighted by Gasteiger charge is 2.13. The lowest BCUT2D eigenvalue weighted by Gasteiger charge is -2.05. The Morgan fingerprint density at radius 1 is 1.46 bits per heavy atom.